The zero-order valence-corrected chi connectivity index (χ0v) is 14.6. The van der Waals surface area contributed by atoms with Gasteiger partial charge in [0.15, 0.2) is 5.76 Å². The number of para-hydroxylation sites is 1. The lowest BCUT2D eigenvalue weighted by molar-refractivity contribution is 0.0773. The SMILES string of the molecule is CN(Cc1cc(-c2ccccc2)no1)C(=O)c1ccccc1N(C)C. The number of carbonyl (C=O) groups excluding carboxylic acids is 1. The minimum atomic E-state index is -0.0537. The highest BCUT2D eigenvalue weighted by molar-refractivity contribution is 5.99. The molecule has 2 aromatic carbocycles. The highest BCUT2D eigenvalue weighted by Crippen LogP contribution is 2.22. The predicted octanol–water partition coefficient (Wildman–Crippen LogP) is 3.68. The van der Waals surface area contributed by atoms with Crippen molar-refractivity contribution < 1.29 is 9.32 Å². The van der Waals surface area contributed by atoms with Gasteiger partial charge in [-0.1, -0.05) is 47.6 Å². The van der Waals surface area contributed by atoms with Crippen LogP contribution in [0.4, 0.5) is 5.69 Å². The molecule has 0 aliphatic rings. The Kier molecular flexibility index (Phi) is 4.84. The second-order valence-electron chi connectivity index (χ2n) is 6.12. The number of amides is 1. The molecule has 5 nitrogen and oxygen atoms in total. The van der Waals surface area contributed by atoms with Crippen LogP contribution in [-0.4, -0.2) is 37.1 Å². The van der Waals surface area contributed by atoms with Gasteiger partial charge in [0.2, 0.25) is 0 Å². The maximum atomic E-state index is 12.8. The highest BCUT2D eigenvalue weighted by atomic mass is 16.5. The molecule has 0 bridgehead atoms. The molecule has 0 fully saturated rings. The maximum absolute atomic E-state index is 12.8. The Labute approximate surface area is 147 Å². The van der Waals surface area contributed by atoms with Crippen molar-refractivity contribution in [2.45, 2.75) is 6.54 Å². The van der Waals surface area contributed by atoms with E-state index in [-0.39, 0.29) is 5.91 Å². The fraction of sp³-hybridized carbons (Fsp3) is 0.200. The van der Waals surface area contributed by atoms with Crippen molar-refractivity contribution in [2.75, 3.05) is 26.0 Å². The Morgan fingerprint density at radius 2 is 1.68 bits per heavy atom. The number of anilines is 1. The van der Waals surface area contributed by atoms with Crippen molar-refractivity contribution in [3.05, 3.63) is 72.0 Å². The number of rotatable bonds is 5. The van der Waals surface area contributed by atoms with Crippen molar-refractivity contribution >= 4 is 11.6 Å². The minimum absolute atomic E-state index is 0.0537. The normalized spacial score (nSPS) is 10.5. The number of hydrogen-bond donors (Lipinski definition) is 0. The van der Waals surface area contributed by atoms with Crippen LogP contribution in [0.2, 0.25) is 0 Å². The molecule has 25 heavy (non-hydrogen) atoms. The lowest BCUT2D eigenvalue weighted by atomic mass is 10.1. The quantitative estimate of drug-likeness (QED) is 0.714. The third-order valence-electron chi connectivity index (χ3n) is 3.98. The van der Waals surface area contributed by atoms with Crippen LogP contribution in [0.25, 0.3) is 11.3 Å². The van der Waals surface area contributed by atoms with Gasteiger partial charge in [0.05, 0.1) is 12.1 Å². The van der Waals surface area contributed by atoms with Gasteiger partial charge in [0.25, 0.3) is 5.91 Å². The second-order valence-corrected chi connectivity index (χ2v) is 6.12. The van der Waals surface area contributed by atoms with Crippen LogP contribution in [0, 0.1) is 0 Å². The van der Waals surface area contributed by atoms with E-state index in [4.69, 9.17) is 4.52 Å². The fourth-order valence-corrected chi connectivity index (χ4v) is 2.69. The molecule has 3 rings (SSSR count). The van der Waals surface area contributed by atoms with Crippen molar-refractivity contribution in [1.29, 1.82) is 0 Å². The standard InChI is InChI=1S/C20H21N3O2/c1-22(2)19-12-8-7-11-17(19)20(24)23(3)14-16-13-18(21-25-16)15-9-5-4-6-10-15/h4-13H,14H2,1-3H3. The molecule has 0 unspecified atom stereocenters. The van der Waals surface area contributed by atoms with E-state index in [0.717, 1.165) is 16.9 Å². The largest absolute Gasteiger partial charge is 0.377 e. The van der Waals surface area contributed by atoms with Gasteiger partial charge in [0.1, 0.15) is 5.69 Å². The molecule has 128 valence electrons. The van der Waals surface area contributed by atoms with Crippen LogP contribution in [0.15, 0.2) is 65.2 Å². The maximum Gasteiger partial charge on any atom is 0.256 e. The summed E-state index contributed by atoms with van der Waals surface area (Å²) >= 11 is 0. The lowest BCUT2D eigenvalue weighted by Gasteiger charge is -2.21. The molecular weight excluding hydrogens is 314 g/mol. The average Bonchev–Trinajstić information content (AvgIpc) is 3.10. The van der Waals surface area contributed by atoms with Crippen molar-refractivity contribution in [2.24, 2.45) is 0 Å². The topological polar surface area (TPSA) is 49.6 Å². The van der Waals surface area contributed by atoms with Crippen LogP contribution >= 0.6 is 0 Å². The van der Waals surface area contributed by atoms with E-state index in [1.807, 2.05) is 79.7 Å². The van der Waals surface area contributed by atoms with Crippen LogP contribution in [0.5, 0.6) is 0 Å². The van der Waals surface area contributed by atoms with E-state index in [1.165, 1.54) is 0 Å². The molecule has 0 saturated heterocycles. The van der Waals surface area contributed by atoms with E-state index in [1.54, 1.807) is 11.9 Å². The number of benzene rings is 2. The van der Waals surface area contributed by atoms with Crippen LogP contribution in [-0.2, 0) is 6.54 Å². The molecule has 0 saturated carbocycles. The lowest BCUT2D eigenvalue weighted by Crippen LogP contribution is -2.27. The van der Waals surface area contributed by atoms with Gasteiger partial charge >= 0.3 is 0 Å². The summed E-state index contributed by atoms with van der Waals surface area (Å²) in [6.45, 7) is 0.362. The smallest absolute Gasteiger partial charge is 0.256 e. The first kappa shape index (κ1) is 16.8. The summed E-state index contributed by atoms with van der Waals surface area (Å²) in [5.41, 5.74) is 3.31. The van der Waals surface area contributed by atoms with E-state index >= 15 is 0 Å². The summed E-state index contributed by atoms with van der Waals surface area (Å²) in [5.74, 6) is 0.596. The average molecular weight is 335 g/mol. The molecule has 0 aliphatic heterocycles. The number of nitrogens with zero attached hydrogens (tertiary/aromatic N) is 3. The Hall–Kier alpha value is -3.08. The molecule has 0 radical (unpaired) electrons. The second kappa shape index (κ2) is 7.21. The van der Waals surface area contributed by atoms with E-state index in [2.05, 4.69) is 5.16 Å². The molecule has 1 heterocycles. The van der Waals surface area contributed by atoms with Crippen molar-refractivity contribution in [3.8, 4) is 11.3 Å². The number of aromatic nitrogens is 1. The summed E-state index contributed by atoms with van der Waals surface area (Å²) in [6, 6.07) is 19.3. The molecule has 3 aromatic rings. The molecule has 0 aliphatic carbocycles. The summed E-state index contributed by atoms with van der Waals surface area (Å²) in [5, 5.41) is 4.10. The van der Waals surface area contributed by atoms with E-state index < -0.39 is 0 Å². The third-order valence-corrected chi connectivity index (χ3v) is 3.98. The fourth-order valence-electron chi connectivity index (χ4n) is 2.69. The van der Waals surface area contributed by atoms with Crippen LogP contribution in [0.1, 0.15) is 16.1 Å². The predicted molar refractivity (Wildman–Crippen MR) is 98.5 cm³/mol. The number of hydrogen-bond acceptors (Lipinski definition) is 4. The Bertz CT molecular complexity index is 856. The summed E-state index contributed by atoms with van der Waals surface area (Å²) < 4.78 is 5.40. The van der Waals surface area contributed by atoms with E-state index in [9.17, 15) is 4.79 Å². The molecule has 0 spiro atoms. The van der Waals surface area contributed by atoms with Gasteiger partial charge in [0, 0.05) is 38.5 Å². The van der Waals surface area contributed by atoms with E-state index in [0.29, 0.717) is 17.9 Å². The first-order chi connectivity index (χ1) is 12.1. The first-order valence-electron chi connectivity index (χ1n) is 8.09. The summed E-state index contributed by atoms with van der Waals surface area (Å²) in [6.07, 6.45) is 0. The third kappa shape index (κ3) is 3.71. The highest BCUT2D eigenvalue weighted by Gasteiger charge is 2.18. The molecule has 1 aromatic heterocycles. The minimum Gasteiger partial charge on any atom is -0.377 e. The zero-order chi connectivity index (χ0) is 17.8. The Morgan fingerprint density at radius 3 is 2.40 bits per heavy atom. The van der Waals surface area contributed by atoms with Gasteiger partial charge in [-0.3, -0.25) is 4.79 Å². The Balaban J connectivity index is 1.76. The Morgan fingerprint density at radius 1 is 1.00 bits per heavy atom. The molecule has 5 heteroatoms. The molecule has 0 atom stereocenters. The molecule has 1 amide bonds. The van der Waals surface area contributed by atoms with Crippen LogP contribution < -0.4 is 4.90 Å². The zero-order valence-electron chi connectivity index (χ0n) is 14.6. The summed E-state index contributed by atoms with van der Waals surface area (Å²) in [7, 11) is 5.61. The van der Waals surface area contributed by atoms with Gasteiger partial charge in [-0.25, -0.2) is 0 Å². The summed E-state index contributed by atoms with van der Waals surface area (Å²) in [4.78, 5) is 16.4. The number of carbonyl (C=O) groups is 1. The van der Waals surface area contributed by atoms with Gasteiger partial charge in [-0.2, -0.15) is 0 Å². The molecular formula is C20H21N3O2. The van der Waals surface area contributed by atoms with Gasteiger partial charge in [-0.05, 0) is 12.1 Å². The van der Waals surface area contributed by atoms with Crippen LogP contribution in [0.3, 0.4) is 0 Å². The van der Waals surface area contributed by atoms with Gasteiger partial charge < -0.3 is 14.3 Å². The van der Waals surface area contributed by atoms with Crippen molar-refractivity contribution in [3.63, 3.8) is 0 Å². The molecule has 0 N–H and O–H groups in total. The van der Waals surface area contributed by atoms with Crippen molar-refractivity contribution in [1.82, 2.24) is 10.1 Å². The van der Waals surface area contributed by atoms with Gasteiger partial charge in [-0.15, -0.1) is 0 Å². The first-order valence-corrected chi connectivity index (χ1v) is 8.09. The monoisotopic (exact) mass is 335 g/mol.